The molecule has 4 amide bonds. The van der Waals surface area contributed by atoms with Gasteiger partial charge in [-0.1, -0.05) is 84.6 Å². The Bertz CT molecular complexity index is 1440. The first kappa shape index (κ1) is 29.8. The number of carbonyl (C=O) groups is 4. The molecular weight excluding hydrogens is 573 g/mol. The molecule has 1 aliphatic carbocycles. The van der Waals surface area contributed by atoms with Crippen molar-refractivity contribution in [3.8, 4) is 0 Å². The van der Waals surface area contributed by atoms with E-state index in [1.54, 1.807) is 47.4 Å². The van der Waals surface area contributed by atoms with Crippen molar-refractivity contribution in [2.24, 2.45) is 0 Å². The number of nitrogens with one attached hydrogen (secondary N) is 1. The fraction of sp³-hybridized carbons (Fsp3) is 0.333. The summed E-state index contributed by atoms with van der Waals surface area (Å²) < 4.78 is 0. The maximum atomic E-state index is 13.9. The fourth-order valence-corrected chi connectivity index (χ4v) is 6.05. The Kier molecular flexibility index (Phi) is 9.60. The highest BCUT2D eigenvalue weighted by molar-refractivity contribution is 6.42. The first-order valence-electron chi connectivity index (χ1n) is 14.3. The van der Waals surface area contributed by atoms with Crippen LogP contribution >= 0.6 is 23.2 Å². The molecule has 0 aromatic heterocycles. The number of imide groups is 1. The van der Waals surface area contributed by atoms with Crippen LogP contribution in [-0.2, 0) is 22.6 Å². The molecule has 1 fully saturated rings. The standard InChI is InChI=1S/C33H33Cl2N3O4/c34-27-17-16-23(19-28(27)35)21-38(29(20-22-9-2-1-3-10-22)31(40)36-24-11-4-5-12-24)30(39)15-8-18-37-32(41)25-13-6-7-14-26(25)33(37)42/h1-3,6-7,9-10,13-14,16-17,19,24,29H,4-5,8,11-12,15,18,20-21H2,(H,36,40). The second-order valence-corrected chi connectivity index (χ2v) is 11.7. The van der Waals surface area contributed by atoms with E-state index in [2.05, 4.69) is 5.32 Å². The van der Waals surface area contributed by atoms with Crippen LogP contribution in [0.3, 0.4) is 0 Å². The predicted molar refractivity (Wildman–Crippen MR) is 162 cm³/mol. The normalized spacial score (nSPS) is 15.5. The Morgan fingerprint density at radius 1 is 0.857 bits per heavy atom. The Labute approximate surface area is 255 Å². The van der Waals surface area contributed by atoms with Crippen molar-refractivity contribution >= 4 is 46.8 Å². The minimum absolute atomic E-state index is 0.0523. The SMILES string of the molecule is O=C(NC1CCCC1)C(Cc1ccccc1)N(Cc1ccc(Cl)c(Cl)c1)C(=O)CCCN1C(=O)c2ccccc2C1=O. The van der Waals surface area contributed by atoms with Gasteiger partial charge in [0.25, 0.3) is 11.8 Å². The molecule has 1 heterocycles. The molecule has 0 bridgehead atoms. The number of halogens is 2. The highest BCUT2D eigenvalue weighted by atomic mass is 35.5. The van der Waals surface area contributed by atoms with Gasteiger partial charge in [0, 0.05) is 32.0 Å². The smallest absolute Gasteiger partial charge is 0.261 e. The number of carbonyl (C=O) groups excluding carboxylic acids is 4. The summed E-state index contributed by atoms with van der Waals surface area (Å²) in [6.45, 7) is 0.259. The summed E-state index contributed by atoms with van der Waals surface area (Å²) in [6.07, 6.45) is 4.64. The maximum Gasteiger partial charge on any atom is 0.261 e. The molecule has 7 nitrogen and oxygen atoms in total. The van der Waals surface area contributed by atoms with Crippen LogP contribution in [0.25, 0.3) is 0 Å². The molecule has 1 atom stereocenters. The molecule has 0 spiro atoms. The third-order valence-electron chi connectivity index (χ3n) is 7.96. The van der Waals surface area contributed by atoms with Gasteiger partial charge in [-0.2, -0.15) is 0 Å². The lowest BCUT2D eigenvalue weighted by Crippen LogP contribution is -2.52. The quantitative estimate of drug-likeness (QED) is 0.269. The van der Waals surface area contributed by atoms with Crippen LogP contribution in [0, 0.1) is 0 Å². The third kappa shape index (κ3) is 6.85. The molecule has 1 N–H and O–H groups in total. The Morgan fingerprint density at radius 2 is 1.50 bits per heavy atom. The van der Waals surface area contributed by atoms with Gasteiger partial charge >= 0.3 is 0 Å². The van der Waals surface area contributed by atoms with Crippen molar-refractivity contribution in [3.05, 3.63) is 105 Å². The zero-order valence-electron chi connectivity index (χ0n) is 23.2. The van der Waals surface area contributed by atoms with Gasteiger partial charge in [0.05, 0.1) is 21.2 Å². The zero-order chi connectivity index (χ0) is 29.6. The lowest BCUT2D eigenvalue weighted by molar-refractivity contribution is -0.141. The van der Waals surface area contributed by atoms with E-state index in [1.165, 1.54) is 4.90 Å². The average molecular weight is 607 g/mol. The fourth-order valence-electron chi connectivity index (χ4n) is 5.73. The molecule has 1 saturated carbocycles. The monoisotopic (exact) mass is 605 g/mol. The summed E-state index contributed by atoms with van der Waals surface area (Å²) in [5, 5.41) is 3.95. The van der Waals surface area contributed by atoms with E-state index >= 15 is 0 Å². The Balaban J connectivity index is 1.37. The predicted octanol–water partition coefficient (Wildman–Crippen LogP) is 6.07. The van der Waals surface area contributed by atoms with Gasteiger partial charge in [-0.15, -0.1) is 0 Å². The van der Waals surface area contributed by atoms with Gasteiger partial charge < -0.3 is 10.2 Å². The lowest BCUT2D eigenvalue weighted by atomic mass is 10.0. The van der Waals surface area contributed by atoms with E-state index in [0.29, 0.717) is 27.6 Å². The first-order chi connectivity index (χ1) is 20.3. The molecule has 0 radical (unpaired) electrons. The van der Waals surface area contributed by atoms with Crippen LogP contribution in [0.5, 0.6) is 0 Å². The van der Waals surface area contributed by atoms with Crippen molar-refractivity contribution < 1.29 is 19.2 Å². The van der Waals surface area contributed by atoms with Crippen LogP contribution in [-0.4, -0.2) is 52.1 Å². The molecule has 2 aliphatic rings. The zero-order valence-corrected chi connectivity index (χ0v) is 24.7. The van der Waals surface area contributed by atoms with E-state index in [4.69, 9.17) is 23.2 Å². The van der Waals surface area contributed by atoms with E-state index in [0.717, 1.165) is 36.8 Å². The van der Waals surface area contributed by atoms with Crippen molar-refractivity contribution in [2.75, 3.05) is 6.54 Å². The number of fused-ring (bicyclic) bond motifs is 1. The summed E-state index contributed by atoms with van der Waals surface area (Å²) in [7, 11) is 0. The molecule has 5 rings (SSSR count). The Hall–Kier alpha value is -3.68. The molecule has 42 heavy (non-hydrogen) atoms. The van der Waals surface area contributed by atoms with E-state index in [1.807, 2.05) is 30.3 Å². The lowest BCUT2D eigenvalue weighted by Gasteiger charge is -2.32. The molecular formula is C33H33Cl2N3O4. The van der Waals surface area contributed by atoms with Crippen molar-refractivity contribution in [1.82, 2.24) is 15.1 Å². The van der Waals surface area contributed by atoms with Crippen LogP contribution in [0.4, 0.5) is 0 Å². The molecule has 3 aromatic carbocycles. The summed E-state index contributed by atoms with van der Waals surface area (Å²) in [6, 6.07) is 20.8. The summed E-state index contributed by atoms with van der Waals surface area (Å²) in [5.74, 6) is -1.15. The summed E-state index contributed by atoms with van der Waals surface area (Å²) >= 11 is 12.4. The second kappa shape index (κ2) is 13.5. The topological polar surface area (TPSA) is 86.8 Å². The van der Waals surface area contributed by atoms with Crippen LogP contribution in [0.15, 0.2) is 72.8 Å². The van der Waals surface area contributed by atoms with Crippen molar-refractivity contribution in [2.45, 2.75) is 63.6 Å². The molecule has 9 heteroatoms. The minimum Gasteiger partial charge on any atom is -0.352 e. The van der Waals surface area contributed by atoms with Gasteiger partial charge in [0.1, 0.15) is 6.04 Å². The molecule has 3 aromatic rings. The van der Waals surface area contributed by atoms with Gasteiger partial charge in [-0.3, -0.25) is 24.1 Å². The van der Waals surface area contributed by atoms with Crippen molar-refractivity contribution in [3.63, 3.8) is 0 Å². The number of amides is 4. The largest absolute Gasteiger partial charge is 0.352 e. The molecule has 218 valence electrons. The number of hydrogen-bond acceptors (Lipinski definition) is 4. The first-order valence-corrected chi connectivity index (χ1v) is 15.1. The second-order valence-electron chi connectivity index (χ2n) is 10.9. The molecule has 1 aliphatic heterocycles. The number of hydrogen-bond donors (Lipinski definition) is 1. The van der Waals surface area contributed by atoms with Gasteiger partial charge in [-0.25, -0.2) is 0 Å². The van der Waals surface area contributed by atoms with Crippen molar-refractivity contribution in [1.29, 1.82) is 0 Å². The minimum atomic E-state index is -0.769. The molecule has 0 saturated heterocycles. The maximum absolute atomic E-state index is 13.9. The number of benzene rings is 3. The highest BCUT2D eigenvalue weighted by Crippen LogP contribution is 2.26. The highest BCUT2D eigenvalue weighted by Gasteiger charge is 2.36. The van der Waals surface area contributed by atoms with Gasteiger partial charge in [0.2, 0.25) is 11.8 Å². The number of nitrogens with zero attached hydrogens (tertiary/aromatic N) is 2. The van der Waals surface area contributed by atoms with Gasteiger partial charge in [0.15, 0.2) is 0 Å². The van der Waals surface area contributed by atoms with E-state index in [9.17, 15) is 19.2 Å². The van der Waals surface area contributed by atoms with Crippen LogP contribution in [0.1, 0.15) is 70.4 Å². The molecule has 1 unspecified atom stereocenters. The van der Waals surface area contributed by atoms with Crippen LogP contribution in [0.2, 0.25) is 10.0 Å². The van der Waals surface area contributed by atoms with Crippen LogP contribution < -0.4 is 5.32 Å². The van der Waals surface area contributed by atoms with E-state index < -0.39 is 6.04 Å². The summed E-state index contributed by atoms with van der Waals surface area (Å²) in [4.78, 5) is 56.2. The third-order valence-corrected chi connectivity index (χ3v) is 8.70. The Morgan fingerprint density at radius 3 is 2.14 bits per heavy atom. The average Bonchev–Trinajstić information content (AvgIpc) is 3.59. The number of rotatable bonds is 11. The van der Waals surface area contributed by atoms with Gasteiger partial charge in [-0.05, 0) is 54.7 Å². The van der Waals surface area contributed by atoms with E-state index in [-0.39, 0.29) is 55.6 Å². The summed E-state index contributed by atoms with van der Waals surface area (Å²) in [5.41, 5.74) is 2.43.